The van der Waals surface area contributed by atoms with E-state index in [1.165, 1.54) is 12.1 Å². The minimum absolute atomic E-state index is 0.00135. The summed E-state index contributed by atoms with van der Waals surface area (Å²) < 4.78 is 0. The maximum Gasteiger partial charge on any atom is 0.251 e. The van der Waals surface area contributed by atoms with Crippen molar-refractivity contribution in [1.29, 1.82) is 0 Å². The van der Waals surface area contributed by atoms with Crippen LogP contribution in [0.3, 0.4) is 0 Å². The number of amides is 2. The molecule has 0 aliphatic carbocycles. The average Bonchev–Trinajstić information content (AvgIpc) is 2.65. The number of nitrogens with one attached hydrogen (secondary N) is 2. The Bertz CT molecular complexity index is 850. The molecule has 0 radical (unpaired) electrons. The third-order valence-corrected chi connectivity index (χ3v) is 4.41. The molecule has 0 unspecified atom stereocenters. The van der Waals surface area contributed by atoms with Crippen molar-refractivity contribution in [3.8, 4) is 0 Å². The first-order chi connectivity index (χ1) is 13.1. The fourth-order valence-electron chi connectivity index (χ4n) is 2.57. The van der Waals surface area contributed by atoms with E-state index in [1.807, 2.05) is 12.1 Å². The molecule has 0 heterocycles. The SMILES string of the molecule is C[C@@H](NC(=O)c1ccc(C(C)(C)C)cc1)C(=O)NCc1ccc(C(=O)[O-])cc1. The van der Waals surface area contributed by atoms with Crippen LogP contribution < -0.4 is 15.7 Å². The molecule has 6 nitrogen and oxygen atoms in total. The van der Waals surface area contributed by atoms with E-state index < -0.39 is 12.0 Å². The van der Waals surface area contributed by atoms with Crippen LogP contribution in [0.5, 0.6) is 0 Å². The van der Waals surface area contributed by atoms with Crippen molar-refractivity contribution in [2.45, 2.75) is 45.7 Å². The van der Waals surface area contributed by atoms with Crippen LogP contribution in [-0.4, -0.2) is 23.8 Å². The Balaban J connectivity index is 1.89. The lowest BCUT2D eigenvalue weighted by Crippen LogP contribution is -2.44. The molecule has 2 aromatic rings. The van der Waals surface area contributed by atoms with Crippen LogP contribution in [0.2, 0.25) is 0 Å². The topological polar surface area (TPSA) is 98.3 Å². The van der Waals surface area contributed by atoms with Crippen LogP contribution in [0.1, 0.15) is 59.5 Å². The summed E-state index contributed by atoms with van der Waals surface area (Å²) in [6.45, 7) is 8.13. The van der Waals surface area contributed by atoms with Crippen LogP contribution in [0, 0.1) is 0 Å². The summed E-state index contributed by atoms with van der Waals surface area (Å²) >= 11 is 0. The number of aromatic carboxylic acids is 1. The van der Waals surface area contributed by atoms with Gasteiger partial charge in [-0.1, -0.05) is 57.2 Å². The molecule has 2 aromatic carbocycles. The summed E-state index contributed by atoms with van der Waals surface area (Å²) in [5.41, 5.74) is 2.44. The second-order valence-corrected chi connectivity index (χ2v) is 7.72. The molecule has 0 aliphatic heterocycles. The van der Waals surface area contributed by atoms with Gasteiger partial charge in [0, 0.05) is 12.1 Å². The first kappa shape index (κ1) is 21.2. The Kier molecular flexibility index (Phi) is 6.57. The summed E-state index contributed by atoms with van der Waals surface area (Å²) in [7, 11) is 0. The molecule has 28 heavy (non-hydrogen) atoms. The lowest BCUT2D eigenvalue weighted by Gasteiger charge is -2.19. The van der Waals surface area contributed by atoms with E-state index >= 15 is 0 Å². The second kappa shape index (κ2) is 8.69. The van der Waals surface area contributed by atoms with Crippen LogP contribution in [0.4, 0.5) is 0 Å². The lowest BCUT2D eigenvalue weighted by molar-refractivity contribution is -0.255. The number of carboxylic acids is 1. The minimum atomic E-state index is -1.25. The standard InChI is InChI=1S/C22H26N2O4/c1-14(19(25)23-13-15-5-7-17(8-6-15)21(27)28)24-20(26)16-9-11-18(12-10-16)22(2,3)4/h5-12,14H,13H2,1-4H3,(H,23,25)(H,24,26)(H,27,28)/p-1/t14-/m1/s1. The average molecular weight is 381 g/mol. The maximum absolute atomic E-state index is 12.3. The first-order valence-electron chi connectivity index (χ1n) is 9.07. The molecule has 2 amide bonds. The zero-order valence-corrected chi connectivity index (χ0v) is 16.5. The highest BCUT2D eigenvalue weighted by Crippen LogP contribution is 2.22. The number of benzene rings is 2. The number of hydrogen-bond donors (Lipinski definition) is 2. The first-order valence-corrected chi connectivity index (χ1v) is 9.07. The second-order valence-electron chi connectivity index (χ2n) is 7.72. The van der Waals surface area contributed by atoms with Gasteiger partial charge in [-0.15, -0.1) is 0 Å². The largest absolute Gasteiger partial charge is 0.545 e. The molecule has 0 aliphatic rings. The monoisotopic (exact) mass is 381 g/mol. The van der Waals surface area contributed by atoms with E-state index in [2.05, 4.69) is 31.4 Å². The van der Waals surface area contributed by atoms with E-state index in [0.29, 0.717) is 5.56 Å². The van der Waals surface area contributed by atoms with Crippen molar-refractivity contribution in [3.05, 3.63) is 70.8 Å². The molecule has 148 valence electrons. The molecule has 0 saturated heterocycles. The van der Waals surface area contributed by atoms with Crippen molar-refractivity contribution >= 4 is 17.8 Å². The van der Waals surface area contributed by atoms with Crippen molar-refractivity contribution in [1.82, 2.24) is 10.6 Å². The molecule has 6 heteroatoms. The van der Waals surface area contributed by atoms with Gasteiger partial charge in [-0.05, 0) is 41.2 Å². The van der Waals surface area contributed by atoms with Crippen LogP contribution in [0.25, 0.3) is 0 Å². The highest BCUT2D eigenvalue weighted by atomic mass is 16.4. The van der Waals surface area contributed by atoms with Gasteiger partial charge in [0.2, 0.25) is 5.91 Å². The third kappa shape index (κ3) is 5.67. The molecular weight excluding hydrogens is 356 g/mol. The molecule has 2 N–H and O–H groups in total. The quantitative estimate of drug-likeness (QED) is 0.797. The van der Waals surface area contributed by atoms with Crippen LogP contribution >= 0.6 is 0 Å². The fourth-order valence-corrected chi connectivity index (χ4v) is 2.57. The lowest BCUT2D eigenvalue weighted by atomic mass is 9.86. The van der Waals surface area contributed by atoms with Crippen LogP contribution in [0.15, 0.2) is 48.5 Å². The Hall–Kier alpha value is -3.15. The summed E-state index contributed by atoms with van der Waals surface area (Å²) in [5, 5.41) is 16.1. The van der Waals surface area contributed by atoms with E-state index in [0.717, 1.165) is 11.1 Å². The molecule has 1 atom stereocenters. The van der Waals surface area contributed by atoms with Gasteiger partial charge in [0.15, 0.2) is 0 Å². The van der Waals surface area contributed by atoms with E-state index in [4.69, 9.17) is 0 Å². The summed E-state index contributed by atoms with van der Waals surface area (Å²) in [4.78, 5) is 35.3. The highest BCUT2D eigenvalue weighted by Gasteiger charge is 2.18. The maximum atomic E-state index is 12.3. The zero-order valence-electron chi connectivity index (χ0n) is 16.5. The smallest absolute Gasteiger partial charge is 0.251 e. The molecule has 0 bridgehead atoms. The number of hydrogen-bond acceptors (Lipinski definition) is 4. The van der Waals surface area contributed by atoms with Gasteiger partial charge in [0.05, 0.1) is 5.97 Å². The molecule has 0 aromatic heterocycles. The Morgan fingerprint density at radius 3 is 1.96 bits per heavy atom. The van der Waals surface area contributed by atoms with Gasteiger partial charge in [0.1, 0.15) is 6.04 Å². The van der Waals surface area contributed by atoms with E-state index in [-0.39, 0.29) is 29.3 Å². The number of carbonyl (C=O) groups excluding carboxylic acids is 3. The zero-order chi connectivity index (χ0) is 20.9. The van der Waals surface area contributed by atoms with Gasteiger partial charge in [-0.25, -0.2) is 0 Å². The molecule has 0 saturated carbocycles. The predicted octanol–water partition coefficient (Wildman–Crippen LogP) is 1.78. The molecule has 0 spiro atoms. The van der Waals surface area contributed by atoms with Crippen molar-refractivity contribution in [3.63, 3.8) is 0 Å². The van der Waals surface area contributed by atoms with Crippen molar-refractivity contribution in [2.75, 3.05) is 0 Å². The Morgan fingerprint density at radius 2 is 1.46 bits per heavy atom. The van der Waals surface area contributed by atoms with E-state index in [1.54, 1.807) is 31.2 Å². The van der Waals surface area contributed by atoms with E-state index in [9.17, 15) is 19.5 Å². The minimum Gasteiger partial charge on any atom is -0.545 e. The number of rotatable bonds is 6. The number of carbonyl (C=O) groups is 3. The Labute approximate surface area is 165 Å². The van der Waals surface area contributed by atoms with Gasteiger partial charge < -0.3 is 20.5 Å². The Morgan fingerprint density at radius 1 is 0.929 bits per heavy atom. The van der Waals surface area contributed by atoms with Crippen molar-refractivity contribution < 1.29 is 19.5 Å². The van der Waals surface area contributed by atoms with Crippen LogP contribution in [-0.2, 0) is 16.8 Å². The third-order valence-electron chi connectivity index (χ3n) is 4.41. The number of carboxylic acid groups (broad SMARTS) is 1. The normalized spacial score (nSPS) is 12.1. The van der Waals surface area contributed by atoms with Gasteiger partial charge >= 0.3 is 0 Å². The van der Waals surface area contributed by atoms with Gasteiger partial charge in [0.25, 0.3) is 5.91 Å². The molecular formula is C22H25N2O4-. The van der Waals surface area contributed by atoms with Crippen molar-refractivity contribution in [2.24, 2.45) is 0 Å². The molecule has 0 fully saturated rings. The fraction of sp³-hybridized carbons (Fsp3) is 0.318. The summed E-state index contributed by atoms with van der Waals surface area (Å²) in [5.74, 6) is -1.90. The molecule has 2 rings (SSSR count). The predicted molar refractivity (Wildman–Crippen MR) is 105 cm³/mol. The highest BCUT2D eigenvalue weighted by molar-refractivity contribution is 5.97. The van der Waals surface area contributed by atoms with Gasteiger partial charge in [-0.2, -0.15) is 0 Å². The summed E-state index contributed by atoms with van der Waals surface area (Å²) in [6.07, 6.45) is 0. The summed E-state index contributed by atoms with van der Waals surface area (Å²) in [6, 6.07) is 12.7. The van der Waals surface area contributed by atoms with Gasteiger partial charge in [-0.3, -0.25) is 9.59 Å².